The van der Waals surface area contributed by atoms with Crippen LogP contribution < -0.4 is 10.1 Å². The van der Waals surface area contributed by atoms with Gasteiger partial charge < -0.3 is 15.0 Å². The molecule has 1 N–H and O–H groups in total. The highest BCUT2D eigenvalue weighted by atomic mass is 35.5. The Hall–Kier alpha value is -2.18. The number of thioether (sulfide) groups is 1. The minimum absolute atomic E-state index is 0.0504. The first-order valence-corrected chi connectivity index (χ1v) is 13.6. The zero-order valence-corrected chi connectivity index (χ0v) is 21.7. The molecule has 34 heavy (non-hydrogen) atoms. The summed E-state index contributed by atoms with van der Waals surface area (Å²) in [5, 5.41) is 3.92. The van der Waals surface area contributed by atoms with Crippen LogP contribution in [0.1, 0.15) is 56.6 Å². The highest BCUT2D eigenvalue weighted by Crippen LogP contribution is 2.23. The number of hydrogen-bond acceptors (Lipinski definition) is 4. The van der Waals surface area contributed by atoms with Gasteiger partial charge >= 0.3 is 0 Å². The van der Waals surface area contributed by atoms with Crippen LogP contribution >= 0.6 is 23.4 Å². The first-order chi connectivity index (χ1) is 16.5. The molecule has 184 valence electrons. The lowest BCUT2D eigenvalue weighted by molar-refractivity contribution is -0.139. The number of hydrogen-bond donors (Lipinski definition) is 1. The highest BCUT2D eigenvalue weighted by Gasteiger charge is 2.30. The molecule has 2 aromatic carbocycles. The highest BCUT2D eigenvalue weighted by molar-refractivity contribution is 7.99. The number of amides is 2. The van der Waals surface area contributed by atoms with E-state index in [1.807, 2.05) is 55.5 Å². The van der Waals surface area contributed by atoms with E-state index in [0.29, 0.717) is 23.7 Å². The number of rotatable bonds is 11. The van der Waals surface area contributed by atoms with Gasteiger partial charge in [0, 0.05) is 23.4 Å². The second kappa shape index (κ2) is 13.6. The lowest BCUT2D eigenvalue weighted by atomic mass is 9.95. The van der Waals surface area contributed by atoms with Gasteiger partial charge in [0.25, 0.3) is 0 Å². The first-order valence-electron chi connectivity index (χ1n) is 12.1. The summed E-state index contributed by atoms with van der Waals surface area (Å²) in [7, 11) is 1.62. The number of halogens is 1. The molecule has 0 spiro atoms. The van der Waals surface area contributed by atoms with Crippen LogP contribution in [0.15, 0.2) is 48.5 Å². The first kappa shape index (κ1) is 26.4. The van der Waals surface area contributed by atoms with E-state index in [1.54, 1.807) is 12.0 Å². The summed E-state index contributed by atoms with van der Waals surface area (Å²) in [6, 6.07) is 15.0. The molecule has 1 saturated carbocycles. The SMILES string of the molecule is CCC(C(=O)NC1CCCCC1)N(Cc1cccc(OC)c1)C(=O)CSCc1ccccc1Cl. The Morgan fingerprint density at radius 1 is 1.15 bits per heavy atom. The summed E-state index contributed by atoms with van der Waals surface area (Å²) in [5.41, 5.74) is 1.94. The van der Waals surface area contributed by atoms with Gasteiger partial charge in [0.05, 0.1) is 12.9 Å². The molecule has 1 fully saturated rings. The molecule has 0 bridgehead atoms. The predicted molar refractivity (Wildman–Crippen MR) is 140 cm³/mol. The maximum absolute atomic E-state index is 13.4. The molecule has 2 aromatic rings. The van der Waals surface area contributed by atoms with Crippen LogP contribution in [-0.4, -0.2) is 41.7 Å². The summed E-state index contributed by atoms with van der Waals surface area (Å²) in [6.07, 6.45) is 6.11. The predicted octanol–water partition coefficient (Wildman–Crippen LogP) is 5.84. The number of ether oxygens (including phenoxy) is 1. The number of benzene rings is 2. The monoisotopic (exact) mass is 502 g/mol. The van der Waals surface area contributed by atoms with Gasteiger partial charge in [-0.3, -0.25) is 9.59 Å². The van der Waals surface area contributed by atoms with Gasteiger partial charge in [-0.25, -0.2) is 0 Å². The van der Waals surface area contributed by atoms with Crippen LogP contribution in [0.4, 0.5) is 0 Å². The van der Waals surface area contributed by atoms with Crippen molar-refractivity contribution in [2.24, 2.45) is 0 Å². The normalized spacial score (nSPS) is 14.9. The lowest BCUT2D eigenvalue weighted by Gasteiger charge is -2.33. The Kier molecular flexibility index (Phi) is 10.6. The van der Waals surface area contributed by atoms with Crippen LogP contribution in [0, 0.1) is 0 Å². The minimum Gasteiger partial charge on any atom is -0.497 e. The van der Waals surface area contributed by atoms with Crippen molar-refractivity contribution >= 4 is 35.2 Å². The van der Waals surface area contributed by atoms with E-state index >= 15 is 0 Å². The number of carbonyl (C=O) groups excluding carboxylic acids is 2. The Morgan fingerprint density at radius 2 is 1.91 bits per heavy atom. The fraction of sp³-hybridized carbons (Fsp3) is 0.481. The smallest absolute Gasteiger partial charge is 0.243 e. The van der Waals surface area contributed by atoms with Crippen LogP contribution in [-0.2, 0) is 21.9 Å². The van der Waals surface area contributed by atoms with E-state index in [2.05, 4.69) is 5.32 Å². The van der Waals surface area contributed by atoms with Crippen LogP contribution in [0.2, 0.25) is 5.02 Å². The molecule has 0 aromatic heterocycles. The maximum Gasteiger partial charge on any atom is 0.243 e. The minimum atomic E-state index is -0.512. The average molecular weight is 503 g/mol. The van der Waals surface area contributed by atoms with Crippen molar-refractivity contribution in [2.45, 2.75) is 69.8 Å². The molecule has 0 heterocycles. The second-order valence-corrected chi connectivity index (χ2v) is 10.1. The van der Waals surface area contributed by atoms with Gasteiger partial charge in [-0.15, -0.1) is 11.8 Å². The number of carbonyl (C=O) groups is 2. The van der Waals surface area contributed by atoms with Crippen LogP contribution in [0.5, 0.6) is 5.75 Å². The molecule has 7 heteroatoms. The molecule has 1 aliphatic carbocycles. The molecular weight excluding hydrogens is 468 g/mol. The molecule has 0 radical (unpaired) electrons. The van der Waals surface area contributed by atoms with Gasteiger partial charge in [-0.2, -0.15) is 0 Å². The Bertz CT molecular complexity index is 949. The Balaban J connectivity index is 1.72. The Labute approximate surface area is 212 Å². The largest absolute Gasteiger partial charge is 0.497 e. The van der Waals surface area contributed by atoms with E-state index in [-0.39, 0.29) is 23.6 Å². The molecular formula is C27H35ClN2O3S. The van der Waals surface area contributed by atoms with E-state index in [4.69, 9.17) is 16.3 Å². The average Bonchev–Trinajstić information content (AvgIpc) is 2.85. The van der Waals surface area contributed by atoms with Crippen molar-refractivity contribution in [3.05, 3.63) is 64.7 Å². The van der Waals surface area contributed by atoms with Crippen molar-refractivity contribution < 1.29 is 14.3 Å². The summed E-state index contributed by atoms with van der Waals surface area (Å²) in [5.74, 6) is 1.55. The topological polar surface area (TPSA) is 58.6 Å². The second-order valence-electron chi connectivity index (χ2n) is 8.72. The summed E-state index contributed by atoms with van der Waals surface area (Å²) in [6.45, 7) is 2.33. The number of nitrogens with zero attached hydrogens (tertiary/aromatic N) is 1. The number of nitrogens with one attached hydrogen (secondary N) is 1. The molecule has 5 nitrogen and oxygen atoms in total. The van der Waals surface area contributed by atoms with Crippen LogP contribution in [0.3, 0.4) is 0 Å². The third-order valence-electron chi connectivity index (χ3n) is 6.27. The quantitative estimate of drug-likeness (QED) is 0.419. The van der Waals surface area contributed by atoms with Gasteiger partial charge in [0.1, 0.15) is 11.8 Å². The summed E-state index contributed by atoms with van der Waals surface area (Å²) >= 11 is 7.79. The van der Waals surface area contributed by atoms with E-state index in [1.165, 1.54) is 18.2 Å². The number of methoxy groups -OCH3 is 1. The van der Waals surface area contributed by atoms with Crippen molar-refractivity contribution in [3.8, 4) is 5.75 Å². The fourth-order valence-corrected chi connectivity index (χ4v) is 5.57. The van der Waals surface area contributed by atoms with E-state index in [0.717, 1.165) is 42.6 Å². The van der Waals surface area contributed by atoms with Crippen molar-refractivity contribution in [2.75, 3.05) is 12.9 Å². The van der Waals surface area contributed by atoms with Gasteiger partial charge in [0.2, 0.25) is 11.8 Å². The molecule has 1 aliphatic rings. The summed E-state index contributed by atoms with van der Waals surface area (Å²) in [4.78, 5) is 28.5. The van der Waals surface area contributed by atoms with E-state index < -0.39 is 6.04 Å². The molecule has 3 rings (SSSR count). The van der Waals surface area contributed by atoms with Crippen LogP contribution in [0.25, 0.3) is 0 Å². The fourth-order valence-electron chi connectivity index (χ4n) is 4.38. The molecule has 2 amide bonds. The van der Waals surface area contributed by atoms with Gasteiger partial charge in [0.15, 0.2) is 0 Å². The maximum atomic E-state index is 13.4. The third kappa shape index (κ3) is 7.67. The zero-order chi connectivity index (χ0) is 24.3. The van der Waals surface area contributed by atoms with Crippen molar-refractivity contribution in [3.63, 3.8) is 0 Å². The van der Waals surface area contributed by atoms with Gasteiger partial charge in [-0.1, -0.05) is 68.1 Å². The van der Waals surface area contributed by atoms with Crippen molar-refractivity contribution in [1.29, 1.82) is 0 Å². The zero-order valence-electron chi connectivity index (χ0n) is 20.1. The Morgan fingerprint density at radius 3 is 2.62 bits per heavy atom. The molecule has 1 atom stereocenters. The molecule has 0 saturated heterocycles. The van der Waals surface area contributed by atoms with Crippen molar-refractivity contribution in [1.82, 2.24) is 10.2 Å². The third-order valence-corrected chi connectivity index (χ3v) is 7.60. The van der Waals surface area contributed by atoms with Gasteiger partial charge in [-0.05, 0) is 48.6 Å². The molecule has 0 aliphatic heterocycles. The standard InChI is InChI=1S/C27H35ClN2O3S/c1-3-25(27(32)29-22-12-5-4-6-13-22)30(17-20-10-9-14-23(16-20)33-2)26(31)19-34-18-21-11-7-8-15-24(21)28/h7-11,14-16,22,25H,3-6,12-13,17-19H2,1-2H3,(H,29,32). The summed E-state index contributed by atoms with van der Waals surface area (Å²) < 4.78 is 5.36. The molecule has 1 unspecified atom stereocenters. The van der Waals surface area contributed by atoms with E-state index in [9.17, 15) is 9.59 Å². The lowest BCUT2D eigenvalue weighted by Crippen LogP contribution is -2.52.